The van der Waals surface area contributed by atoms with Gasteiger partial charge in [-0.1, -0.05) is 60.7 Å². The van der Waals surface area contributed by atoms with E-state index in [4.69, 9.17) is 5.10 Å². The van der Waals surface area contributed by atoms with Gasteiger partial charge in [0.15, 0.2) is 5.82 Å². The standard InChI is InChI=1S/C29H17N3S/c1-2-8-19-17-31-20(13-18(19)7-1)14-29(30-31)32-25-11-5-3-9-21(25)23-16-28-24(15-26(23)32)22-10-4-6-12-27(22)33-28/h1-17H. The maximum absolute atomic E-state index is 5.02. The quantitative estimate of drug-likeness (QED) is 0.254. The van der Waals surface area contributed by atoms with E-state index in [0.717, 1.165) is 11.3 Å². The minimum atomic E-state index is 0.940. The molecule has 4 aromatic carbocycles. The predicted molar refractivity (Wildman–Crippen MR) is 140 cm³/mol. The third-order valence-corrected chi connectivity index (χ3v) is 7.85. The minimum absolute atomic E-state index is 0.940. The largest absolute Gasteiger partial charge is 0.292 e. The Labute approximate surface area is 192 Å². The maximum atomic E-state index is 5.02. The van der Waals surface area contributed by atoms with Crippen molar-refractivity contribution in [3.63, 3.8) is 0 Å². The van der Waals surface area contributed by atoms with Crippen LogP contribution in [0.5, 0.6) is 0 Å². The Morgan fingerprint density at radius 2 is 1.36 bits per heavy atom. The molecule has 4 aromatic heterocycles. The highest BCUT2D eigenvalue weighted by molar-refractivity contribution is 7.25. The number of para-hydroxylation sites is 1. The first-order valence-electron chi connectivity index (χ1n) is 11.1. The van der Waals surface area contributed by atoms with E-state index in [2.05, 4.69) is 108 Å². The number of fused-ring (bicyclic) bond motifs is 8. The Hall–Kier alpha value is -4.15. The lowest BCUT2D eigenvalue weighted by Gasteiger charge is -2.03. The summed E-state index contributed by atoms with van der Waals surface area (Å²) in [7, 11) is 0. The highest BCUT2D eigenvalue weighted by atomic mass is 32.1. The minimum Gasteiger partial charge on any atom is -0.292 e. The van der Waals surface area contributed by atoms with Crippen LogP contribution in [0.4, 0.5) is 0 Å². The van der Waals surface area contributed by atoms with Gasteiger partial charge < -0.3 is 0 Å². The van der Waals surface area contributed by atoms with E-state index in [1.807, 2.05) is 15.9 Å². The number of rotatable bonds is 1. The second-order valence-electron chi connectivity index (χ2n) is 8.59. The van der Waals surface area contributed by atoms with Crippen LogP contribution in [0.3, 0.4) is 0 Å². The van der Waals surface area contributed by atoms with E-state index in [1.165, 1.54) is 52.8 Å². The van der Waals surface area contributed by atoms with Gasteiger partial charge in [-0.3, -0.25) is 4.57 Å². The van der Waals surface area contributed by atoms with Crippen LogP contribution in [-0.2, 0) is 0 Å². The van der Waals surface area contributed by atoms with Crippen LogP contribution in [0.25, 0.3) is 64.1 Å². The molecule has 4 heteroatoms. The fourth-order valence-corrected chi connectivity index (χ4v) is 6.33. The lowest BCUT2D eigenvalue weighted by Crippen LogP contribution is -1.95. The van der Waals surface area contributed by atoms with Crippen LogP contribution in [-0.4, -0.2) is 14.2 Å². The van der Waals surface area contributed by atoms with Crippen LogP contribution in [0, 0.1) is 0 Å². The van der Waals surface area contributed by atoms with E-state index in [9.17, 15) is 0 Å². The molecule has 0 bridgehead atoms. The van der Waals surface area contributed by atoms with Crippen LogP contribution in [0.2, 0.25) is 0 Å². The molecule has 0 amide bonds. The summed E-state index contributed by atoms with van der Waals surface area (Å²) in [5, 5.41) is 12.6. The van der Waals surface area contributed by atoms with Crippen molar-refractivity contribution in [2.75, 3.05) is 0 Å². The first kappa shape index (κ1) is 17.4. The first-order chi connectivity index (χ1) is 16.3. The van der Waals surface area contributed by atoms with E-state index in [0.29, 0.717) is 0 Å². The third kappa shape index (κ3) is 2.36. The molecule has 0 N–H and O–H groups in total. The average Bonchev–Trinajstić information content (AvgIpc) is 3.51. The highest BCUT2D eigenvalue weighted by Gasteiger charge is 2.17. The molecule has 0 radical (unpaired) electrons. The van der Waals surface area contributed by atoms with E-state index >= 15 is 0 Å². The van der Waals surface area contributed by atoms with Crippen molar-refractivity contribution in [3.8, 4) is 5.82 Å². The summed E-state index contributed by atoms with van der Waals surface area (Å²) in [5.41, 5.74) is 3.47. The van der Waals surface area contributed by atoms with Gasteiger partial charge in [-0.05, 0) is 35.7 Å². The van der Waals surface area contributed by atoms with Gasteiger partial charge in [-0.15, -0.1) is 16.4 Å². The van der Waals surface area contributed by atoms with E-state index < -0.39 is 0 Å². The zero-order valence-electron chi connectivity index (χ0n) is 17.6. The monoisotopic (exact) mass is 439 g/mol. The molecule has 0 atom stereocenters. The number of nitrogens with zero attached hydrogens (tertiary/aromatic N) is 3. The predicted octanol–water partition coefficient (Wildman–Crippen LogP) is 7.95. The van der Waals surface area contributed by atoms with Crippen LogP contribution < -0.4 is 0 Å². The molecule has 0 saturated carbocycles. The van der Waals surface area contributed by atoms with Crippen molar-refractivity contribution < 1.29 is 0 Å². The molecule has 0 aliphatic rings. The van der Waals surface area contributed by atoms with Crippen LogP contribution >= 0.6 is 11.3 Å². The molecule has 0 spiro atoms. The Bertz CT molecular complexity index is 1980. The van der Waals surface area contributed by atoms with E-state index in [1.54, 1.807) is 0 Å². The van der Waals surface area contributed by atoms with Gasteiger partial charge >= 0.3 is 0 Å². The summed E-state index contributed by atoms with van der Waals surface area (Å²) in [5.74, 6) is 0.940. The summed E-state index contributed by atoms with van der Waals surface area (Å²) >= 11 is 1.87. The van der Waals surface area contributed by atoms with Crippen LogP contribution in [0.15, 0.2) is 103 Å². The van der Waals surface area contributed by atoms with Crippen molar-refractivity contribution in [1.82, 2.24) is 14.2 Å². The highest BCUT2D eigenvalue weighted by Crippen LogP contribution is 2.40. The fraction of sp³-hybridized carbons (Fsp3) is 0. The topological polar surface area (TPSA) is 22.2 Å². The lowest BCUT2D eigenvalue weighted by molar-refractivity contribution is 0.927. The molecule has 3 nitrogen and oxygen atoms in total. The Morgan fingerprint density at radius 1 is 0.576 bits per heavy atom. The van der Waals surface area contributed by atoms with Gasteiger partial charge in [0.1, 0.15) is 0 Å². The molecule has 0 aliphatic carbocycles. The molecule has 154 valence electrons. The molecule has 0 fully saturated rings. The Morgan fingerprint density at radius 3 is 2.30 bits per heavy atom. The molecule has 0 aliphatic heterocycles. The van der Waals surface area contributed by atoms with Crippen molar-refractivity contribution in [3.05, 3.63) is 103 Å². The second kappa shape index (κ2) is 6.21. The van der Waals surface area contributed by atoms with Gasteiger partial charge in [0.2, 0.25) is 0 Å². The molecule has 33 heavy (non-hydrogen) atoms. The molecule has 4 heterocycles. The average molecular weight is 440 g/mol. The van der Waals surface area contributed by atoms with Gasteiger partial charge in [0.05, 0.1) is 16.6 Å². The smallest absolute Gasteiger partial charge is 0.160 e. The number of aromatic nitrogens is 3. The summed E-state index contributed by atoms with van der Waals surface area (Å²) in [6, 6.07) is 34.9. The number of hydrogen-bond acceptors (Lipinski definition) is 2. The summed E-state index contributed by atoms with van der Waals surface area (Å²) in [6.07, 6.45) is 2.12. The summed E-state index contributed by atoms with van der Waals surface area (Å²) in [4.78, 5) is 0. The second-order valence-corrected chi connectivity index (χ2v) is 9.67. The van der Waals surface area contributed by atoms with Gasteiger partial charge in [0.25, 0.3) is 0 Å². The Kier molecular flexibility index (Phi) is 3.28. The first-order valence-corrected chi connectivity index (χ1v) is 11.9. The van der Waals surface area contributed by atoms with Crippen molar-refractivity contribution in [1.29, 1.82) is 0 Å². The van der Waals surface area contributed by atoms with E-state index in [-0.39, 0.29) is 0 Å². The SMILES string of the molecule is c1ccc2cn3nc(-n4c5ccccc5c5cc6sc7ccccc7c6cc54)cc3cc2c1. The lowest BCUT2D eigenvalue weighted by atomic mass is 10.1. The summed E-state index contributed by atoms with van der Waals surface area (Å²) in [6.45, 7) is 0. The fourth-order valence-electron chi connectivity index (χ4n) is 5.20. The number of benzene rings is 4. The number of thiophene rings is 1. The molecule has 8 aromatic rings. The van der Waals surface area contributed by atoms with Crippen molar-refractivity contribution in [2.24, 2.45) is 0 Å². The molecule has 0 saturated heterocycles. The van der Waals surface area contributed by atoms with Gasteiger partial charge in [-0.25, -0.2) is 4.52 Å². The normalized spacial score (nSPS) is 12.2. The number of hydrogen-bond donors (Lipinski definition) is 0. The zero-order chi connectivity index (χ0) is 21.5. The maximum Gasteiger partial charge on any atom is 0.160 e. The molecular formula is C29H17N3S. The zero-order valence-corrected chi connectivity index (χ0v) is 18.4. The summed E-state index contributed by atoms with van der Waals surface area (Å²) < 4.78 is 6.97. The van der Waals surface area contributed by atoms with Crippen molar-refractivity contribution >= 4 is 69.6 Å². The van der Waals surface area contributed by atoms with Crippen molar-refractivity contribution in [2.45, 2.75) is 0 Å². The molecular weight excluding hydrogens is 422 g/mol. The molecule has 8 rings (SSSR count). The van der Waals surface area contributed by atoms with Gasteiger partial charge in [0, 0.05) is 48.6 Å². The van der Waals surface area contributed by atoms with Crippen LogP contribution in [0.1, 0.15) is 0 Å². The third-order valence-electron chi connectivity index (χ3n) is 6.71. The van der Waals surface area contributed by atoms with Gasteiger partial charge in [-0.2, -0.15) is 0 Å². The Balaban J connectivity index is 1.51. The molecule has 0 unspecified atom stereocenters. The number of pyridine rings is 1.